The van der Waals surface area contributed by atoms with Gasteiger partial charge in [-0.3, -0.25) is 9.59 Å². The number of anilines is 1. The van der Waals surface area contributed by atoms with Gasteiger partial charge in [0, 0.05) is 10.9 Å². The molecule has 4 nitrogen and oxygen atoms in total. The second-order valence-corrected chi connectivity index (χ2v) is 6.41. The van der Waals surface area contributed by atoms with Gasteiger partial charge >= 0.3 is 5.97 Å². The standard InChI is InChI=1S/C13H15BrClNO3/c1-13(2,7-12(18)19)6-11(17)16-10-5-8(14)3-4-9(10)15/h3-5H,6-7H2,1-2H3,(H,16,17)(H,18,19). The number of amides is 1. The summed E-state index contributed by atoms with van der Waals surface area (Å²) >= 11 is 9.26. The van der Waals surface area contributed by atoms with E-state index in [1.807, 2.05) is 0 Å². The van der Waals surface area contributed by atoms with Crippen LogP contribution in [0.3, 0.4) is 0 Å². The monoisotopic (exact) mass is 347 g/mol. The maximum Gasteiger partial charge on any atom is 0.303 e. The van der Waals surface area contributed by atoms with E-state index in [4.69, 9.17) is 16.7 Å². The van der Waals surface area contributed by atoms with Gasteiger partial charge in [-0.05, 0) is 23.6 Å². The number of halogens is 2. The second kappa shape index (κ2) is 6.39. The number of nitrogens with one attached hydrogen (secondary N) is 1. The Hall–Kier alpha value is -1.07. The number of carboxylic acids is 1. The summed E-state index contributed by atoms with van der Waals surface area (Å²) in [6.45, 7) is 3.48. The number of hydrogen-bond acceptors (Lipinski definition) is 2. The van der Waals surface area contributed by atoms with Crippen molar-refractivity contribution < 1.29 is 14.7 Å². The van der Waals surface area contributed by atoms with Crippen LogP contribution in [0.4, 0.5) is 5.69 Å². The lowest BCUT2D eigenvalue weighted by atomic mass is 9.85. The topological polar surface area (TPSA) is 66.4 Å². The van der Waals surface area contributed by atoms with Gasteiger partial charge in [0.15, 0.2) is 0 Å². The van der Waals surface area contributed by atoms with E-state index in [2.05, 4.69) is 21.2 Å². The molecule has 0 fully saturated rings. The molecule has 0 aliphatic rings. The van der Waals surface area contributed by atoms with Crippen LogP contribution in [0, 0.1) is 5.41 Å². The summed E-state index contributed by atoms with van der Waals surface area (Å²) in [6, 6.07) is 5.14. The van der Waals surface area contributed by atoms with Gasteiger partial charge in [0.05, 0.1) is 17.1 Å². The maximum absolute atomic E-state index is 11.9. The molecule has 1 aromatic rings. The van der Waals surface area contributed by atoms with Crippen molar-refractivity contribution >= 4 is 45.1 Å². The normalized spacial score (nSPS) is 11.2. The molecule has 1 amide bonds. The SMILES string of the molecule is CC(C)(CC(=O)O)CC(=O)Nc1cc(Br)ccc1Cl. The van der Waals surface area contributed by atoms with E-state index in [1.54, 1.807) is 32.0 Å². The fraction of sp³-hybridized carbons (Fsp3) is 0.385. The minimum Gasteiger partial charge on any atom is -0.481 e. The number of hydrogen-bond donors (Lipinski definition) is 2. The average Bonchev–Trinajstić information content (AvgIpc) is 2.20. The Kier molecular flexibility index (Phi) is 5.38. The van der Waals surface area contributed by atoms with Crippen LogP contribution in [0.15, 0.2) is 22.7 Å². The Morgan fingerprint density at radius 2 is 2.00 bits per heavy atom. The lowest BCUT2D eigenvalue weighted by molar-refractivity contribution is -0.139. The molecule has 1 rings (SSSR count). The van der Waals surface area contributed by atoms with Crippen LogP contribution in [-0.2, 0) is 9.59 Å². The lowest BCUT2D eigenvalue weighted by Crippen LogP contribution is -2.24. The van der Waals surface area contributed by atoms with Gasteiger partial charge in [-0.25, -0.2) is 0 Å². The van der Waals surface area contributed by atoms with Crippen molar-refractivity contribution in [3.63, 3.8) is 0 Å². The molecule has 0 aliphatic heterocycles. The fourth-order valence-electron chi connectivity index (χ4n) is 1.69. The van der Waals surface area contributed by atoms with E-state index < -0.39 is 11.4 Å². The first kappa shape index (κ1) is 16.0. The lowest BCUT2D eigenvalue weighted by Gasteiger charge is -2.21. The first-order valence-corrected chi connectivity index (χ1v) is 6.83. The predicted molar refractivity (Wildman–Crippen MR) is 78.4 cm³/mol. The molecular formula is C13H15BrClNO3. The van der Waals surface area contributed by atoms with E-state index in [-0.39, 0.29) is 18.7 Å². The zero-order chi connectivity index (χ0) is 14.6. The minimum atomic E-state index is -0.918. The Morgan fingerprint density at radius 1 is 1.37 bits per heavy atom. The molecule has 0 saturated carbocycles. The summed E-state index contributed by atoms with van der Waals surface area (Å²) in [6.07, 6.45) is 0.0504. The van der Waals surface area contributed by atoms with E-state index in [9.17, 15) is 9.59 Å². The molecule has 19 heavy (non-hydrogen) atoms. The van der Waals surface area contributed by atoms with Gasteiger partial charge < -0.3 is 10.4 Å². The van der Waals surface area contributed by atoms with E-state index in [0.29, 0.717) is 10.7 Å². The molecule has 0 aliphatic carbocycles. The predicted octanol–water partition coefficient (Wildman–Crippen LogP) is 3.93. The summed E-state index contributed by atoms with van der Waals surface area (Å²) < 4.78 is 0.803. The number of carbonyl (C=O) groups is 2. The largest absolute Gasteiger partial charge is 0.481 e. The molecule has 0 radical (unpaired) electrons. The summed E-state index contributed by atoms with van der Waals surface area (Å²) in [5, 5.41) is 11.9. The van der Waals surface area contributed by atoms with Gasteiger partial charge in [-0.1, -0.05) is 41.4 Å². The first-order valence-electron chi connectivity index (χ1n) is 5.66. The Morgan fingerprint density at radius 3 is 2.58 bits per heavy atom. The smallest absolute Gasteiger partial charge is 0.303 e. The summed E-state index contributed by atoms with van der Waals surface area (Å²) in [5.74, 6) is -1.18. The highest BCUT2D eigenvalue weighted by molar-refractivity contribution is 9.10. The van der Waals surface area contributed by atoms with Crippen molar-refractivity contribution in [2.24, 2.45) is 5.41 Å². The zero-order valence-electron chi connectivity index (χ0n) is 10.7. The van der Waals surface area contributed by atoms with Crippen LogP contribution < -0.4 is 5.32 Å². The van der Waals surface area contributed by atoms with E-state index in [1.165, 1.54) is 0 Å². The van der Waals surface area contributed by atoms with Crippen molar-refractivity contribution in [3.05, 3.63) is 27.7 Å². The molecule has 0 bridgehead atoms. The molecule has 0 unspecified atom stereocenters. The summed E-state index contributed by atoms with van der Waals surface area (Å²) in [7, 11) is 0. The van der Waals surface area contributed by atoms with Crippen LogP contribution in [0.2, 0.25) is 5.02 Å². The van der Waals surface area contributed by atoms with Crippen LogP contribution in [0.1, 0.15) is 26.7 Å². The van der Waals surface area contributed by atoms with Crippen LogP contribution >= 0.6 is 27.5 Å². The van der Waals surface area contributed by atoms with Gasteiger partial charge in [0.1, 0.15) is 0 Å². The second-order valence-electron chi connectivity index (χ2n) is 5.08. The molecule has 0 aromatic heterocycles. The highest BCUT2D eigenvalue weighted by atomic mass is 79.9. The van der Waals surface area contributed by atoms with Gasteiger partial charge in [0.25, 0.3) is 0 Å². The van der Waals surface area contributed by atoms with Crippen molar-refractivity contribution in [1.29, 1.82) is 0 Å². The molecule has 0 atom stereocenters. The summed E-state index contributed by atoms with van der Waals surface area (Å²) in [5.41, 5.74) is -0.0961. The molecule has 1 aromatic carbocycles. The third kappa shape index (κ3) is 5.61. The van der Waals surface area contributed by atoms with Gasteiger partial charge in [-0.15, -0.1) is 0 Å². The zero-order valence-corrected chi connectivity index (χ0v) is 13.0. The van der Waals surface area contributed by atoms with Crippen LogP contribution in [0.25, 0.3) is 0 Å². The van der Waals surface area contributed by atoms with Crippen LogP contribution in [0.5, 0.6) is 0 Å². The quantitative estimate of drug-likeness (QED) is 0.847. The first-order chi connectivity index (χ1) is 8.69. The number of benzene rings is 1. The summed E-state index contributed by atoms with van der Waals surface area (Å²) in [4.78, 5) is 22.6. The Bertz CT molecular complexity index is 503. The van der Waals surface area contributed by atoms with Crippen molar-refractivity contribution in [1.82, 2.24) is 0 Å². The molecular weight excluding hydrogens is 334 g/mol. The van der Waals surface area contributed by atoms with Gasteiger partial charge in [-0.2, -0.15) is 0 Å². The van der Waals surface area contributed by atoms with E-state index in [0.717, 1.165) is 4.47 Å². The third-order valence-electron chi connectivity index (χ3n) is 2.47. The van der Waals surface area contributed by atoms with Crippen LogP contribution in [-0.4, -0.2) is 17.0 Å². The fourth-order valence-corrected chi connectivity index (χ4v) is 2.22. The van der Waals surface area contributed by atoms with Gasteiger partial charge in [0.2, 0.25) is 5.91 Å². The van der Waals surface area contributed by atoms with Crippen molar-refractivity contribution in [3.8, 4) is 0 Å². The average molecular weight is 349 g/mol. The van der Waals surface area contributed by atoms with Crippen molar-refractivity contribution in [2.75, 3.05) is 5.32 Å². The highest BCUT2D eigenvalue weighted by Crippen LogP contribution is 2.28. The number of carboxylic acid groups (broad SMARTS) is 1. The Balaban J connectivity index is 2.70. The minimum absolute atomic E-state index is 0.0629. The number of aliphatic carboxylic acids is 1. The molecule has 0 heterocycles. The number of carbonyl (C=O) groups excluding carboxylic acids is 1. The maximum atomic E-state index is 11.9. The third-order valence-corrected chi connectivity index (χ3v) is 3.29. The molecule has 0 saturated heterocycles. The molecule has 104 valence electrons. The van der Waals surface area contributed by atoms with E-state index >= 15 is 0 Å². The van der Waals surface area contributed by atoms with Crippen molar-refractivity contribution in [2.45, 2.75) is 26.7 Å². The Labute approximate surface area is 125 Å². The molecule has 6 heteroatoms. The molecule has 0 spiro atoms. The molecule has 2 N–H and O–H groups in total. The highest BCUT2D eigenvalue weighted by Gasteiger charge is 2.25. The number of rotatable bonds is 5.